The second-order valence-corrected chi connectivity index (χ2v) is 4.88. The van der Waals surface area contributed by atoms with Crippen LogP contribution in [0.2, 0.25) is 0 Å². The average molecular weight is 207 g/mol. The van der Waals surface area contributed by atoms with Crippen LogP contribution in [0, 0.1) is 12.8 Å². The van der Waals surface area contributed by atoms with E-state index in [0.717, 1.165) is 18.2 Å². The van der Waals surface area contributed by atoms with Crippen molar-refractivity contribution in [3.63, 3.8) is 0 Å². The van der Waals surface area contributed by atoms with Crippen molar-refractivity contribution in [1.29, 1.82) is 0 Å². The Labute approximate surface area is 92.1 Å². The van der Waals surface area contributed by atoms with Gasteiger partial charge in [-0.3, -0.25) is 0 Å². The summed E-state index contributed by atoms with van der Waals surface area (Å²) in [6.07, 6.45) is 7.19. The molecule has 1 fully saturated rings. The molecule has 1 aliphatic rings. The maximum Gasteiger partial charge on any atom is 0.120 e. The smallest absolute Gasteiger partial charge is 0.120 e. The van der Waals surface area contributed by atoms with E-state index < -0.39 is 0 Å². The van der Waals surface area contributed by atoms with Crippen molar-refractivity contribution in [3.05, 3.63) is 23.7 Å². The molecule has 2 rings (SSSR count). The first-order chi connectivity index (χ1) is 7.25. The van der Waals surface area contributed by atoms with E-state index in [4.69, 9.17) is 4.42 Å². The predicted molar refractivity (Wildman–Crippen MR) is 61.7 cm³/mol. The van der Waals surface area contributed by atoms with Crippen LogP contribution in [0.15, 0.2) is 16.7 Å². The minimum atomic E-state index is 0.693. The second kappa shape index (κ2) is 4.84. The molecule has 2 unspecified atom stereocenters. The van der Waals surface area contributed by atoms with Crippen LogP contribution in [-0.4, -0.2) is 6.04 Å². The molecule has 1 heterocycles. The number of hydrogen-bond donors (Lipinski definition) is 1. The van der Waals surface area contributed by atoms with E-state index in [1.807, 2.05) is 6.07 Å². The minimum Gasteiger partial charge on any atom is -0.468 e. The summed E-state index contributed by atoms with van der Waals surface area (Å²) in [6, 6.07) is 2.72. The summed E-state index contributed by atoms with van der Waals surface area (Å²) in [5, 5.41) is 3.60. The molecule has 0 spiro atoms. The first kappa shape index (κ1) is 10.7. The SMILES string of the molecule is Cc1ccoc1CNC1CCCC(C)C1. The molecule has 1 saturated carbocycles. The van der Waals surface area contributed by atoms with Gasteiger partial charge in [0.25, 0.3) is 0 Å². The number of rotatable bonds is 3. The zero-order valence-electron chi connectivity index (χ0n) is 9.75. The van der Waals surface area contributed by atoms with Crippen LogP contribution >= 0.6 is 0 Å². The van der Waals surface area contributed by atoms with Crippen molar-refractivity contribution in [1.82, 2.24) is 5.32 Å². The van der Waals surface area contributed by atoms with Gasteiger partial charge in [-0.15, -0.1) is 0 Å². The van der Waals surface area contributed by atoms with Crippen molar-refractivity contribution >= 4 is 0 Å². The molecule has 0 amide bonds. The Kier molecular flexibility index (Phi) is 3.47. The standard InChI is InChI=1S/C13H21NO/c1-10-4-3-5-12(8-10)14-9-13-11(2)6-7-15-13/h6-7,10,12,14H,3-5,8-9H2,1-2H3. The van der Waals surface area contributed by atoms with E-state index in [-0.39, 0.29) is 0 Å². The Hall–Kier alpha value is -0.760. The lowest BCUT2D eigenvalue weighted by molar-refractivity contribution is 0.293. The molecule has 84 valence electrons. The van der Waals surface area contributed by atoms with Crippen LogP contribution in [0.3, 0.4) is 0 Å². The largest absolute Gasteiger partial charge is 0.468 e. The third-order valence-corrected chi connectivity index (χ3v) is 3.46. The Balaban J connectivity index is 1.80. The Morgan fingerprint density at radius 3 is 3.00 bits per heavy atom. The molecule has 1 aromatic heterocycles. The zero-order chi connectivity index (χ0) is 10.7. The highest BCUT2D eigenvalue weighted by molar-refractivity contribution is 5.14. The van der Waals surface area contributed by atoms with Gasteiger partial charge < -0.3 is 9.73 Å². The number of furan rings is 1. The first-order valence-electron chi connectivity index (χ1n) is 6.02. The third kappa shape index (κ3) is 2.85. The van der Waals surface area contributed by atoms with Gasteiger partial charge >= 0.3 is 0 Å². The average Bonchev–Trinajstić information content (AvgIpc) is 2.61. The van der Waals surface area contributed by atoms with E-state index >= 15 is 0 Å². The van der Waals surface area contributed by atoms with Gasteiger partial charge in [0.1, 0.15) is 5.76 Å². The molecular weight excluding hydrogens is 186 g/mol. The maximum absolute atomic E-state index is 5.42. The summed E-state index contributed by atoms with van der Waals surface area (Å²) >= 11 is 0. The molecule has 0 saturated heterocycles. The lowest BCUT2D eigenvalue weighted by Crippen LogP contribution is -2.33. The van der Waals surface area contributed by atoms with Gasteiger partial charge in [-0.2, -0.15) is 0 Å². The van der Waals surface area contributed by atoms with Crippen molar-refractivity contribution in [2.45, 2.75) is 52.1 Å². The molecule has 2 nitrogen and oxygen atoms in total. The molecule has 15 heavy (non-hydrogen) atoms. The van der Waals surface area contributed by atoms with Crippen LogP contribution in [0.4, 0.5) is 0 Å². The zero-order valence-corrected chi connectivity index (χ0v) is 9.75. The van der Waals surface area contributed by atoms with E-state index in [2.05, 4.69) is 19.2 Å². The number of nitrogens with one attached hydrogen (secondary N) is 1. The summed E-state index contributed by atoms with van der Waals surface area (Å²) in [6.45, 7) is 5.34. The van der Waals surface area contributed by atoms with Crippen molar-refractivity contribution < 1.29 is 4.42 Å². The van der Waals surface area contributed by atoms with Crippen LogP contribution in [0.5, 0.6) is 0 Å². The van der Waals surface area contributed by atoms with E-state index in [0.29, 0.717) is 6.04 Å². The predicted octanol–water partition coefficient (Wildman–Crippen LogP) is 3.26. The number of hydrogen-bond acceptors (Lipinski definition) is 2. The Morgan fingerprint density at radius 2 is 2.33 bits per heavy atom. The van der Waals surface area contributed by atoms with Gasteiger partial charge in [-0.1, -0.05) is 19.8 Å². The highest BCUT2D eigenvalue weighted by Crippen LogP contribution is 2.23. The summed E-state index contributed by atoms with van der Waals surface area (Å²) < 4.78 is 5.42. The van der Waals surface area contributed by atoms with Crippen LogP contribution < -0.4 is 5.32 Å². The lowest BCUT2D eigenvalue weighted by atomic mass is 9.87. The van der Waals surface area contributed by atoms with Gasteiger partial charge in [0.05, 0.1) is 12.8 Å². The van der Waals surface area contributed by atoms with Crippen molar-refractivity contribution in [3.8, 4) is 0 Å². The fourth-order valence-corrected chi connectivity index (χ4v) is 2.44. The van der Waals surface area contributed by atoms with Gasteiger partial charge in [-0.25, -0.2) is 0 Å². The van der Waals surface area contributed by atoms with Gasteiger partial charge in [-0.05, 0) is 37.3 Å². The van der Waals surface area contributed by atoms with E-state index in [1.165, 1.54) is 31.2 Å². The normalized spacial score (nSPS) is 26.8. The van der Waals surface area contributed by atoms with Crippen molar-refractivity contribution in [2.75, 3.05) is 0 Å². The summed E-state index contributed by atoms with van der Waals surface area (Å²) in [4.78, 5) is 0. The minimum absolute atomic E-state index is 0.693. The van der Waals surface area contributed by atoms with E-state index in [9.17, 15) is 0 Å². The molecule has 0 aliphatic heterocycles. The Bertz CT molecular complexity index is 305. The molecule has 0 bridgehead atoms. The monoisotopic (exact) mass is 207 g/mol. The fraction of sp³-hybridized carbons (Fsp3) is 0.692. The van der Waals surface area contributed by atoms with Crippen LogP contribution in [0.25, 0.3) is 0 Å². The van der Waals surface area contributed by atoms with E-state index in [1.54, 1.807) is 6.26 Å². The fourth-order valence-electron chi connectivity index (χ4n) is 2.44. The Morgan fingerprint density at radius 1 is 1.47 bits per heavy atom. The highest BCUT2D eigenvalue weighted by atomic mass is 16.3. The molecule has 2 atom stereocenters. The molecule has 1 aliphatic carbocycles. The molecule has 1 aromatic rings. The summed E-state index contributed by atoms with van der Waals surface area (Å²) in [5.74, 6) is 1.97. The van der Waals surface area contributed by atoms with Gasteiger partial charge in [0.15, 0.2) is 0 Å². The molecule has 2 heteroatoms. The molecule has 0 aromatic carbocycles. The van der Waals surface area contributed by atoms with Crippen LogP contribution in [0.1, 0.15) is 43.9 Å². The maximum atomic E-state index is 5.42. The topological polar surface area (TPSA) is 25.2 Å². The van der Waals surface area contributed by atoms with Crippen molar-refractivity contribution in [2.24, 2.45) is 5.92 Å². The summed E-state index contributed by atoms with van der Waals surface area (Å²) in [7, 11) is 0. The first-order valence-corrected chi connectivity index (χ1v) is 6.02. The van der Waals surface area contributed by atoms with Gasteiger partial charge in [0.2, 0.25) is 0 Å². The number of aryl methyl sites for hydroxylation is 1. The third-order valence-electron chi connectivity index (χ3n) is 3.46. The quantitative estimate of drug-likeness (QED) is 0.823. The highest BCUT2D eigenvalue weighted by Gasteiger charge is 2.18. The van der Waals surface area contributed by atoms with Gasteiger partial charge in [0, 0.05) is 6.04 Å². The second-order valence-electron chi connectivity index (χ2n) is 4.88. The molecule has 0 radical (unpaired) electrons. The van der Waals surface area contributed by atoms with Crippen LogP contribution in [-0.2, 0) is 6.54 Å². The lowest BCUT2D eigenvalue weighted by Gasteiger charge is -2.27. The molecule has 1 N–H and O–H groups in total. The molecular formula is C13H21NO. The summed E-state index contributed by atoms with van der Waals surface area (Å²) in [5.41, 5.74) is 1.26.